The van der Waals surface area contributed by atoms with Crippen molar-refractivity contribution in [1.29, 1.82) is 0 Å². The molecular formula is C22H30N6O2. The van der Waals surface area contributed by atoms with Gasteiger partial charge in [-0.05, 0) is 56.0 Å². The lowest BCUT2D eigenvalue weighted by Crippen LogP contribution is -2.38. The molecule has 4 rings (SSSR count). The van der Waals surface area contributed by atoms with Crippen LogP contribution in [-0.2, 0) is 13.0 Å². The van der Waals surface area contributed by atoms with Gasteiger partial charge < -0.3 is 25.1 Å². The van der Waals surface area contributed by atoms with Crippen molar-refractivity contribution in [1.82, 2.24) is 25.7 Å². The Labute approximate surface area is 176 Å². The summed E-state index contributed by atoms with van der Waals surface area (Å²) in [7, 11) is 1.69. The molecule has 160 valence electrons. The molecule has 0 saturated carbocycles. The van der Waals surface area contributed by atoms with Crippen LogP contribution in [0.1, 0.15) is 24.0 Å². The molecule has 4 N–H and O–H groups in total. The van der Waals surface area contributed by atoms with Gasteiger partial charge >= 0.3 is 0 Å². The summed E-state index contributed by atoms with van der Waals surface area (Å²) >= 11 is 0. The van der Waals surface area contributed by atoms with Gasteiger partial charge in [-0.25, -0.2) is 15.4 Å². The normalized spacial score (nSPS) is 15.1. The van der Waals surface area contributed by atoms with Crippen molar-refractivity contribution in [3.05, 3.63) is 47.9 Å². The first-order chi connectivity index (χ1) is 14.8. The van der Waals surface area contributed by atoms with Gasteiger partial charge in [-0.2, -0.15) is 0 Å². The molecule has 3 heterocycles. The van der Waals surface area contributed by atoms with Crippen LogP contribution in [0.2, 0.25) is 0 Å². The van der Waals surface area contributed by atoms with Crippen molar-refractivity contribution in [2.75, 3.05) is 38.2 Å². The molecule has 0 atom stereocenters. The first kappa shape index (κ1) is 20.6. The van der Waals surface area contributed by atoms with Crippen molar-refractivity contribution >= 4 is 16.9 Å². The first-order valence-electron chi connectivity index (χ1n) is 10.5. The fraction of sp³-hybridized carbons (Fsp3) is 0.455. The highest BCUT2D eigenvalue weighted by Gasteiger charge is 2.20. The Balaban J connectivity index is 1.19. The summed E-state index contributed by atoms with van der Waals surface area (Å²) in [6, 6.07) is 6.19. The number of benzene rings is 1. The van der Waals surface area contributed by atoms with E-state index >= 15 is 0 Å². The summed E-state index contributed by atoms with van der Waals surface area (Å²) < 4.78 is 5.29. The number of aromatic amines is 1. The van der Waals surface area contributed by atoms with Crippen molar-refractivity contribution in [2.45, 2.75) is 25.8 Å². The van der Waals surface area contributed by atoms with Gasteiger partial charge in [-0.15, -0.1) is 0 Å². The fourth-order valence-electron chi connectivity index (χ4n) is 4.06. The zero-order valence-electron chi connectivity index (χ0n) is 17.4. The maximum absolute atomic E-state index is 8.75. The summed E-state index contributed by atoms with van der Waals surface area (Å²) in [6.07, 6.45) is 8.92. The van der Waals surface area contributed by atoms with Gasteiger partial charge in [0.1, 0.15) is 5.75 Å². The molecule has 0 bridgehead atoms. The number of methoxy groups -OCH3 is 1. The zero-order valence-corrected chi connectivity index (χ0v) is 17.4. The van der Waals surface area contributed by atoms with Crippen LogP contribution in [0, 0.1) is 5.92 Å². The molecular weight excluding hydrogens is 380 g/mol. The molecule has 2 aromatic heterocycles. The Kier molecular flexibility index (Phi) is 6.78. The molecule has 0 aliphatic carbocycles. The van der Waals surface area contributed by atoms with Crippen molar-refractivity contribution < 1.29 is 9.94 Å². The molecule has 1 aliphatic rings. The topological polar surface area (TPSA) is 98.3 Å². The summed E-state index contributed by atoms with van der Waals surface area (Å²) in [6.45, 7) is 4.35. The molecule has 8 nitrogen and oxygen atoms in total. The number of nitrogens with zero attached hydrogens (tertiary/aromatic N) is 3. The Morgan fingerprint density at radius 2 is 2.03 bits per heavy atom. The number of piperidine rings is 1. The van der Waals surface area contributed by atoms with Crippen LogP contribution >= 0.6 is 0 Å². The van der Waals surface area contributed by atoms with E-state index in [1.807, 2.05) is 12.1 Å². The van der Waals surface area contributed by atoms with Crippen LogP contribution in [0.5, 0.6) is 5.75 Å². The monoisotopic (exact) mass is 410 g/mol. The maximum Gasteiger partial charge on any atom is 0.225 e. The van der Waals surface area contributed by atoms with Gasteiger partial charge in [0.25, 0.3) is 0 Å². The number of fused-ring (bicyclic) bond motifs is 1. The SMILES string of the molecule is COc1ccc2c(CCNCC3CCN(c4ncc(CNO)cn4)CC3)c[nH]c2c1. The largest absolute Gasteiger partial charge is 0.497 e. The smallest absolute Gasteiger partial charge is 0.225 e. The summed E-state index contributed by atoms with van der Waals surface area (Å²) in [5.74, 6) is 2.34. The van der Waals surface area contributed by atoms with E-state index in [4.69, 9.17) is 9.94 Å². The summed E-state index contributed by atoms with van der Waals surface area (Å²) in [4.78, 5) is 14.4. The Bertz CT molecular complexity index is 934. The third-order valence-electron chi connectivity index (χ3n) is 5.85. The van der Waals surface area contributed by atoms with Gasteiger partial charge in [-0.3, -0.25) is 0 Å². The Morgan fingerprint density at radius 1 is 1.23 bits per heavy atom. The predicted octanol–water partition coefficient (Wildman–Crippen LogP) is 2.49. The minimum atomic E-state index is 0.362. The number of rotatable bonds is 9. The van der Waals surface area contributed by atoms with Crippen LogP contribution in [0.3, 0.4) is 0 Å². The number of nitrogens with one attached hydrogen (secondary N) is 3. The Hall–Kier alpha value is -2.68. The minimum Gasteiger partial charge on any atom is -0.497 e. The predicted molar refractivity (Wildman–Crippen MR) is 117 cm³/mol. The van der Waals surface area contributed by atoms with E-state index in [0.29, 0.717) is 12.5 Å². The lowest BCUT2D eigenvalue weighted by Gasteiger charge is -2.32. The van der Waals surface area contributed by atoms with E-state index in [1.165, 1.54) is 10.9 Å². The van der Waals surface area contributed by atoms with Gasteiger partial charge in [0.05, 0.1) is 7.11 Å². The average molecular weight is 411 g/mol. The standard InChI is InChI=1S/C22H30N6O2/c1-30-19-2-3-20-18(15-24-21(20)10-19)4-7-23-11-16-5-8-28(9-6-16)22-25-12-17(13-26-22)14-27-29/h2-3,10,12-13,15-16,23-24,27,29H,4-9,11,14H2,1H3. The van der Waals surface area contributed by atoms with Crippen LogP contribution in [0.4, 0.5) is 5.95 Å². The maximum atomic E-state index is 8.75. The van der Waals surface area contributed by atoms with Crippen molar-refractivity contribution in [2.24, 2.45) is 5.92 Å². The number of H-pyrrole nitrogens is 1. The average Bonchev–Trinajstić information content (AvgIpc) is 3.20. The fourth-order valence-corrected chi connectivity index (χ4v) is 4.06. The second kappa shape index (κ2) is 9.88. The van der Waals surface area contributed by atoms with E-state index in [1.54, 1.807) is 19.5 Å². The number of hydroxylamine groups is 1. The highest BCUT2D eigenvalue weighted by atomic mass is 16.5. The van der Waals surface area contributed by atoms with Crippen molar-refractivity contribution in [3.63, 3.8) is 0 Å². The van der Waals surface area contributed by atoms with E-state index in [9.17, 15) is 0 Å². The van der Waals surface area contributed by atoms with Crippen LogP contribution in [-0.4, -0.2) is 53.4 Å². The second-order valence-electron chi connectivity index (χ2n) is 7.84. The van der Waals surface area contributed by atoms with E-state index in [-0.39, 0.29) is 0 Å². The molecule has 1 aromatic carbocycles. The molecule has 1 fully saturated rings. The van der Waals surface area contributed by atoms with Crippen molar-refractivity contribution in [3.8, 4) is 5.75 Å². The number of hydrogen-bond acceptors (Lipinski definition) is 7. The van der Waals surface area contributed by atoms with Crippen LogP contribution in [0.15, 0.2) is 36.8 Å². The number of anilines is 1. The Morgan fingerprint density at radius 3 is 2.77 bits per heavy atom. The van der Waals surface area contributed by atoms with Crippen LogP contribution < -0.4 is 20.4 Å². The van der Waals surface area contributed by atoms with Crippen LogP contribution in [0.25, 0.3) is 10.9 Å². The van der Waals surface area contributed by atoms with Gasteiger partial charge in [0.15, 0.2) is 0 Å². The number of hydrogen-bond donors (Lipinski definition) is 4. The third kappa shape index (κ3) is 4.89. The second-order valence-corrected chi connectivity index (χ2v) is 7.84. The third-order valence-corrected chi connectivity index (χ3v) is 5.85. The van der Waals surface area contributed by atoms with E-state index in [0.717, 1.165) is 68.2 Å². The van der Waals surface area contributed by atoms with Gasteiger partial charge in [0, 0.05) is 60.8 Å². The summed E-state index contributed by atoms with van der Waals surface area (Å²) in [5.41, 5.74) is 5.46. The first-order valence-corrected chi connectivity index (χ1v) is 10.5. The van der Waals surface area contributed by atoms with Gasteiger partial charge in [-0.1, -0.05) is 0 Å². The highest BCUT2D eigenvalue weighted by molar-refractivity contribution is 5.84. The lowest BCUT2D eigenvalue weighted by atomic mass is 9.97. The zero-order chi connectivity index (χ0) is 20.8. The molecule has 0 amide bonds. The molecule has 0 spiro atoms. The summed E-state index contributed by atoms with van der Waals surface area (Å²) in [5, 5.41) is 13.7. The lowest BCUT2D eigenvalue weighted by molar-refractivity contribution is 0.161. The molecule has 1 aliphatic heterocycles. The van der Waals surface area contributed by atoms with Gasteiger partial charge in [0.2, 0.25) is 5.95 Å². The molecule has 1 saturated heterocycles. The molecule has 3 aromatic rings. The molecule has 0 unspecified atom stereocenters. The number of aromatic nitrogens is 3. The molecule has 30 heavy (non-hydrogen) atoms. The quantitative estimate of drug-likeness (QED) is 0.318. The van der Waals surface area contributed by atoms with E-state index < -0.39 is 0 Å². The highest BCUT2D eigenvalue weighted by Crippen LogP contribution is 2.23. The molecule has 0 radical (unpaired) electrons. The minimum absolute atomic E-state index is 0.362. The molecule has 8 heteroatoms. The number of ether oxygens (including phenoxy) is 1. The van der Waals surface area contributed by atoms with E-state index in [2.05, 4.69) is 42.9 Å².